The van der Waals surface area contributed by atoms with E-state index in [4.69, 9.17) is 11.6 Å². The summed E-state index contributed by atoms with van der Waals surface area (Å²) >= 11 is 7.60. The van der Waals surface area contributed by atoms with E-state index in [1.165, 1.54) is 0 Å². The normalized spacial score (nSPS) is 10.2. The Kier molecular flexibility index (Phi) is 4.34. The van der Waals surface area contributed by atoms with Crippen LogP contribution in [0, 0.1) is 0 Å². The molecule has 0 saturated heterocycles. The van der Waals surface area contributed by atoms with Gasteiger partial charge in [-0.2, -0.15) is 0 Å². The summed E-state index contributed by atoms with van der Waals surface area (Å²) < 4.78 is 2.72. The number of halogens is 2. The number of para-hydroxylation sites is 1. The Labute approximate surface area is 130 Å². The lowest BCUT2D eigenvalue weighted by Crippen LogP contribution is -2.41. The van der Waals surface area contributed by atoms with E-state index in [1.54, 1.807) is 28.0 Å². The minimum absolute atomic E-state index is 0. The third-order valence-electron chi connectivity index (χ3n) is 2.73. The second-order valence-corrected chi connectivity index (χ2v) is 5.14. The topological polar surface area (TPSA) is 20.9 Å². The molecule has 0 amide bonds. The van der Waals surface area contributed by atoms with E-state index in [0.717, 1.165) is 10.2 Å². The molecule has 0 aliphatic carbocycles. The van der Waals surface area contributed by atoms with Gasteiger partial charge in [0, 0.05) is 6.07 Å². The first kappa shape index (κ1) is 14.2. The highest BCUT2D eigenvalue weighted by Crippen LogP contribution is 2.18. The number of carbonyl (C=O) groups excluding carboxylic acids is 1. The summed E-state index contributed by atoms with van der Waals surface area (Å²) in [6.45, 7) is 0. The van der Waals surface area contributed by atoms with Gasteiger partial charge in [0.2, 0.25) is 11.0 Å². The van der Waals surface area contributed by atoms with Crippen LogP contribution in [0.1, 0.15) is 10.4 Å². The molecule has 96 valence electrons. The van der Waals surface area contributed by atoms with Crippen molar-refractivity contribution in [2.45, 2.75) is 0 Å². The van der Waals surface area contributed by atoms with E-state index < -0.39 is 0 Å². The highest BCUT2D eigenvalue weighted by Gasteiger charge is 2.24. The molecule has 0 spiro atoms. The second-order valence-electron chi connectivity index (χ2n) is 3.85. The molecule has 0 bridgehead atoms. The van der Waals surface area contributed by atoms with Gasteiger partial charge in [0.1, 0.15) is 10.3 Å². The number of fused-ring (bicyclic) bond motifs is 1. The van der Waals surface area contributed by atoms with Crippen LogP contribution in [0.3, 0.4) is 0 Å². The molecule has 3 aromatic rings. The van der Waals surface area contributed by atoms with Crippen molar-refractivity contribution in [3.05, 3.63) is 64.6 Å². The predicted octanol–water partition coefficient (Wildman–Crippen LogP) is 4.11. The molecule has 1 heterocycles. The maximum Gasteiger partial charge on any atom is 0.427 e. The fourth-order valence-electron chi connectivity index (χ4n) is 1.84. The summed E-state index contributed by atoms with van der Waals surface area (Å²) in [6, 6.07) is 14.9. The minimum atomic E-state index is -0.0990. The fraction of sp³-hybridized carbons (Fsp3) is 0. The van der Waals surface area contributed by atoms with E-state index in [-0.39, 0.29) is 22.9 Å². The van der Waals surface area contributed by atoms with Crippen LogP contribution in [0.2, 0.25) is 5.02 Å². The molecule has 2 aromatic carbocycles. The van der Waals surface area contributed by atoms with Gasteiger partial charge in [-0.1, -0.05) is 47.2 Å². The Balaban J connectivity index is 0.00000133. The highest BCUT2D eigenvalue weighted by molar-refractivity contribution is 8.93. The van der Waals surface area contributed by atoms with Gasteiger partial charge in [0.15, 0.2) is 0 Å². The minimum Gasteiger partial charge on any atom is -0.214 e. The molecule has 1 aromatic heterocycles. The van der Waals surface area contributed by atoms with Gasteiger partial charge >= 0.3 is 5.91 Å². The molecule has 19 heavy (non-hydrogen) atoms. The van der Waals surface area contributed by atoms with Gasteiger partial charge in [-0.05, 0) is 18.2 Å². The average Bonchev–Trinajstić information content (AvgIpc) is 2.82. The summed E-state index contributed by atoms with van der Waals surface area (Å²) in [6.07, 6.45) is 0. The van der Waals surface area contributed by atoms with Crippen molar-refractivity contribution in [3.8, 4) is 0 Å². The van der Waals surface area contributed by atoms with Crippen LogP contribution in [0.15, 0.2) is 54.0 Å². The summed E-state index contributed by atoms with van der Waals surface area (Å²) in [4.78, 5) is 12.4. The molecule has 5 heteroatoms. The lowest BCUT2D eigenvalue weighted by atomic mass is 10.2. The van der Waals surface area contributed by atoms with Crippen LogP contribution >= 0.6 is 39.9 Å². The number of nitrogens with zero attached hydrogens (tertiary/aromatic N) is 1. The molecule has 0 saturated carbocycles. The number of hydrogen-bond acceptors (Lipinski definition) is 2. The SMILES string of the molecule is Br.O=C(c1ccccc1Cl)[n+]1csc2ccccc21. The molecule has 0 radical (unpaired) electrons. The number of hydrogen-bond donors (Lipinski definition) is 0. The molecule has 3 rings (SSSR count). The van der Waals surface area contributed by atoms with Crippen molar-refractivity contribution < 1.29 is 9.36 Å². The van der Waals surface area contributed by atoms with Gasteiger partial charge in [0.25, 0.3) is 0 Å². The smallest absolute Gasteiger partial charge is 0.214 e. The molecule has 0 unspecified atom stereocenters. The van der Waals surface area contributed by atoms with E-state index in [9.17, 15) is 4.79 Å². The Morgan fingerprint density at radius 2 is 1.74 bits per heavy atom. The van der Waals surface area contributed by atoms with Gasteiger partial charge < -0.3 is 0 Å². The third-order valence-corrected chi connectivity index (χ3v) is 3.98. The number of benzene rings is 2. The van der Waals surface area contributed by atoms with Crippen molar-refractivity contribution in [1.29, 1.82) is 0 Å². The Morgan fingerprint density at radius 3 is 2.53 bits per heavy atom. The van der Waals surface area contributed by atoms with Crippen LogP contribution in [-0.2, 0) is 0 Å². The highest BCUT2D eigenvalue weighted by atomic mass is 79.9. The lowest BCUT2D eigenvalue weighted by molar-refractivity contribution is -0.537. The van der Waals surface area contributed by atoms with Gasteiger partial charge in [-0.3, -0.25) is 0 Å². The van der Waals surface area contributed by atoms with E-state index in [0.29, 0.717) is 10.6 Å². The Hall–Kier alpha value is -1.23. The van der Waals surface area contributed by atoms with E-state index in [2.05, 4.69) is 0 Å². The number of aromatic nitrogens is 1. The largest absolute Gasteiger partial charge is 0.427 e. The van der Waals surface area contributed by atoms with Crippen molar-refractivity contribution in [1.82, 2.24) is 0 Å². The van der Waals surface area contributed by atoms with Crippen molar-refractivity contribution in [3.63, 3.8) is 0 Å². The zero-order chi connectivity index (χ0) is 12.5. The summed E-state index contributed by atoms with van der Waals surface area (Å²) in [5, 5.41) is 0.477. The Morgan fingerprint density at radius 1 is 1.05 bits per heavy atom. The van der Waals surface area contributed by atoms with Crippen molar-refractivity contribution >= 4 is 56.0 Å². The summed E-state index contributed by atoms with van der Waals surface area (Å²) in [5.74, 6) is -0.0990. The monoisotopic (exact) mass is 354 g/mol. The standard InChI is InChI=1S/C14H9ClNOS.BrH/c15-11-6-2-1-5-10(11)14(17)16-9-18-13-8-4-3-7-12(13)16;/h1-9H;1H/q+1;. The molecule has 0 N–H and O–H groups in total. The predicted molar refractivity (Wildman–Crippen MR) is 83.5 cm³/mol. The van der Waals surface area contributed by atoms with Crippen LogP contribution in [-0.4, -0.2) is 5.91 Å². The summed E-state index contributed by atoms with van der Waals surface area (Å²) in [5.41, 5.74) is 3.25. The first-order chi connectivity index (χ1) is 8.77. The number of thiazole rings is 1. The third kappa shape index (κ3) is 2.56. The maximum atomic E-state index is 12.4. The number of carbonyl (C=O) groups is 1. The van der Waals surface area contributed by atoms with Crippen molar-refractivity contribution in [2.75, 3.05) is 0 Å². The zero-order valence-electron chi connectivity index (χ0n) is 9.75. The maximum absolute atomic E-state index is 12.4. The molecular weight excluding hydrogens is 346 g/mol. The summed E-state index contributed by atoms with van der Waals surface area (Å²) in [7, 11) is 0. The van der Waals surface area contributed by atoms with E-state index >= 15 is 0 Å². The van der Waals surface area contributed by atoms with Gasteiger partial charge in [-0.15, -0.1) is 21.5 Å². The molecule has 2 nitrogen and oxygen atoms in total. The first-order valence-electron chi connectivity index (χ1n) is 5.44. The van der Waals surface area contributed by atoms with Crippen LogP contribution in [0.5, 0.6) is 0 Å². The lowest BCUT2D eigenvalue weighted by Gasteiger charge is -1.96. The quantitative estimate of drug-likeness (QED) is 0.602. The number of rotatable bonds is 1. The fourth-order valence-corrected chi connectivity index (χ4v) is 2.93. The first-order valence-corrected chi connectivity index (χ1v) is 6.70. The van der Waals surface area contributed by atoms with Gasteiger partial charge in [0.05, 0.1) is 5.02 Å². The van der Waals surface area contributed by atoms with Gasteiger partial charge in [-0.25, -0.2) is 4.79 Å². The zero-order valence-corrected chi connectivity index (χ0v) is 13.0. The molecule has 0 aliphatic heterocycles. The molecule has 0 atom stereocenters. The average molecular weight is 356 g/mol. The van der Waals surface area contributed by atoms with Crippen LogP contribution in [0.25, 0.3) is 10.2 Å². The van der Waals surface area contributed by atoms with Crippen LogP contribution < -0.4 is 4.57 Å². The Bertz CT molecular complexity index is 741. The van der Waals surface area contributed by atoms with Crippen molar-refractivity contribution in [2.24, 2.45) is 0 Å². The molecule has 0 fully saturated rings. The van der Waals surface area contributed by atoms with E-state index in [1.807, 2.05) is 41.9 Å². The molecular formula is C14H10BrClNOS+. The molecule has 0 aliphatic rings. The van der Waals surface area contributed by atoms with Crippen LogP contribution in [0.4, 0.5) is 0 Å². The second kappa shape index (κ2) is 5.82.